The third kappa shape index (κ3) is 2.28. The Morgan fingerprint density at radius 2 is 2.05 bits per heavy atom. The number of aryl methyl sites for hydroxylation is 1. The van der Waals surface area contributed by atoms with Gasteiger partial charge in [-0.1, -0.05) is 5.21 Å². The normalized spacial score (nSPS) is 18.6. The average molecular weight is 284 g/mol. The second-order valence-corrected chi connectivity index (χ2v) is 5.80. The van der Waals surface area contributed by atoms with Crippen LogP contribution in [0.4, 0.5) is 0 Å². The maximum Gasteiger partial charge on any atom is 0.274 e. The zero-order chi connectivity index (χ0) is 14.4. The second-order valence-electron chi connectivity index (χ2n) is 5.80. The highest BCUT2D eigenvalue weighted by molar-refractivity contribution is 5.92. The van der Waals surface area contributed by atoms with Gasteiger partial charge in [-0.05, 0) is 19.8 Å². The Balaban J connectivity index is 1.39. The molecule has 0 aromatic carbocycles. The van der Waals surface area contributed by atoms with Crippen molar-refractivity contribution in [3.05, 3.63) is 35.7 Å². The van der Waals surface area contributed by atoms with Crippen LogP contribution in [0.25, 0.3) is 0 Å². The summed E-state index contributed by atoms with van der Waals surface area (Å²) in [6.45, 7) is 3.16. The van der Waals surface area contributed by atoms with E-state index < -0.39 is 0 Å². The quantitative estimate of drug-likeness (QED) is 0.838. The van der Waals surface area contributed by atoms with Crippen molar-refractivity contribution in [2.75, 3.05) is 13.1 Å². The minimum absolute atomic E-state index is 0.0683. The standard InChI is InChI=1S/C14H16N6O/c1-9-4-16-12(5-15-9)14(21)19-6-11(7-19)20-8-13(17-18-20)10-2-3-10/h4-5,8,10-11H,2-3,6-7H2,1H3. The number of hydrogen-bond acceptors (Lipinski definition) is 5. The third-order valence-electron chi connectivity index (χ3n) is 4.05. The highest BCUT2D eigenvalue weighted by atomic mass is 16.2. The van der Waals surface area contributed by atoms with Gasteiger partial charge < -0.3 is 4.90 Å². The maximum absolute atomic E-state index is 12.2. The second kappa shape index (κ2) is 4.61. The van der Waals surface area contributed by atoms with E-state index in [-0.39, 0.29) is 11.9 Å². The van der Waals surface area contributed by atoms with Crippen molar-refractivity contribution in [3.63, 3.8) is 0 Å². The van der Waals surface area contributed by atoms with Crippen molar-refractivity contribution in [1.29, 1.82) is 0 Å². The average Bonchev–Trinajstić information content (AvgIpc) is 3.18. The molecule has 0 atom stereocenters. The molecule has 0 radical (unpaired) electrons. The molecule has 7 nitrogen and oxygen atoms in total. The van der Waals surface area contributed by atoms with Crippen LogP contribution in [0.15, 0.2) is 18.6 Å². The van der Waals surface area contributed by atoms with Gasteiger partial charge in [-0.3, -0.25) is 9.78 Å². The molecule has 3 heterocycles. The van der Waals surface area contributed by atoms with Crippen LogP contribution in [0.2, 0.25) is 0 Å². The molecule has 2 fully saturated rings. The van der Waals surface area contributed by atoms with Crippen LogP contribution in [0, 0.1) is 6.92 Å². The molecule has 0 bridgehead atoms. The Labute approximate surface area is 122 Å². The summed E-state index contributed by atoms with van der Waals surface area (Å²) in [5.74, 6) is 0.542. The molecule has 2 aromatic heterocycles. The topological polar surface area (TPSA) is 76.8 Å². The van der Waals surface area contributed by atoms with Gasteiger partial charge in [-0.15, -0.1) is 5.10 Å². The fourth-order valence-corrected chi connectivity index (χ4v) is 2.49. The number of aromatic nitrogens is 5. The molecular formula is C14H16N6O. The number of nitrogens with zero attached hydrogens (tertiary/aromatic N) is 6. The maximum atomic E-state index is 12.2. The minimum Gasteiger partial charge on any atom is -0.333 e. The van der Waals surface area contributed by atoms with E-state index in [1.165, 1.54) is 19.0 Å². The first-order valence-electron chi connectivity index (χ1n) is 7.20. The molecule has 1 aliphatic carbocycles. The van der Waals surface area contributed by atoms with Crippen LogP contribution in [0.5, 0.6) is 0 Å². The molecule has 4 rings (SSSR count). The number of rotatable bonds is 3. The summed E-state index contributed by atoms with van der Waals surface area (Å²) in [6, 6.07) is 0.229. The van der Waals surface area contributed by atoms with Crippen LogP contribution in [0.3, 0.4) is 0 Å². The van der Waals surface area contributed by atoms with E-state index in [1.54, 1.807) is 11.1 Å². The fourth-order valence-electron chi connectivity index (χ4n) is 2.49. The lowest BCUT2D eigenvalue weighted by atomic mass is 10.1. The highest BCUT2D eigenvalue weighted by Crippen LogP contribution is 2.39. The van der Waals surface area contributed by atoms with Gasteiger partial charge in [0.15, 0.2) is 0 Å². The monoisotopic (exact) mass is 284 g/mol. The van der Waals surface area contributed by atoms with Crippen molar-refractivity contribution < 1.29 is 4.79 Å². The van der Waals surface area contributed by atoms with Gasteiger partial charge in [0.2, 0.25) is 0 Å². The van der Waals surface area contributed by atoms with Crippen LogP contribution >= 0.6 is 0 Å². The molecule has 21 heavy (non-hydrogen) atoms. The Morgan fingerprint density at radius 3 is 2.71 bits per heavy atom. The van der Waals surface area contributed by atoms with Gasteiger partial charge in [0, 0.05) is 31.4 Å². The Morgan fingerprint density at radius 1 is 1.24 bits per heavy atom. The number of carbonyl (C=O) groups is 1. The van der Waals surface area contributed by atoms with Crippen molar-refractivity contribution in [1.82, 2.24) is 29.9 Å². The van der Waals surface area contributed by atoms with Crippen LogP contribution in [-0.4, -0.2) is 48.9 Å². The van der Waals surface area contributed by atoms with Gasteiger partial charge >= 0.3 is 0 Å². The SMILES string of the molecule is Cc1cnc(C(=O)N2CC(n3cc(C4CC4)nn3)C2)cn1. The Kier molecular flexibility index (Phi) is 2.73. The summed E-state index contributed by atoms with van der Waals surface area (Å²) in [5.41, 5.74) is 2.30. The van der Waals surface area contributed by atoms with E-state index in [9.17, 15) is 4.79 Å². The molecule has 1 aliphatic heterocycles. The molecule has 7 heteroatoms. The molecule has 2 aromatic rings. The van der Waals surface area contributed by atoms with Crippen molar-refractivity contribution in [2.24, 2.45) is 0 Å². The Bertz CT molecular complexity index is 669. The van der Waals surface area contributed by atoms with Gasteiger partial charge in [0.25, 0.3) is 5.91 Å². The summed E-state index contributed by atoms with van der Waals surface area (Å²) in [5, 5.41) is 8.38. The first-order chi connectivity index (χ1) is 10.2. The van der Waals surface area contributed by atoms with Crippen molar-refractivity contribution in [2.45, 2.75) is 31.7 Å². The summed E-state index contributed by atoms with van der Waals surface area (Å²) < 4.78 is 1.89. The van der Waals surface area contributed by atoms with Crippen LogP contribution < -0.4 is 0 Å². The summed E-state index contributed by atoms with van der Waals surface area (Å²) in [6.07, 6.45) is 7.62. The zero-order valence-corrected chi connectivity index (χ0v) is 11.8. The first kappa shape index (κ1) is 12.4. The smallest absolute Gasteiger partial charge is 0.274 e. The largest absolute Gasteiger partial charge is 0.333 e. The molecule has 1 saturated heterocycles. The zero-order valence-electron chi connectivity index (χ0n) is 11.8. The lowest BCUT2D eigenvalue weighted by molar-refractivity contribution is 0.0492. The molecule has 1 saturated carbocycles. The molecule has 0 N–H and O–H groups in total. The highest BCUT2D eigenvalue weighted by Gasteiger charge is 2.35. The number of carbonyl (C=O) groups excluding carboxylic acids is 1. The lowest BCUT2D eigenvalue weighted by Gasteiger charge is -2.38. The van der Waals surface area contributed by atoms with E-state index in [0.717, 1.165) is 11.4 Å². The number of hydrogen-bond donors (Lipinski definition) is 0. The summed E-state index contributed by atoms with van der Waals surface area (Å²) in [4.78, 5) is 22.2. The molecule has 108 valence electrons. The molecule has 1 amide bonds. The fraction of sp³-hybridized carbons (Fsp3) is 0.500. The number of amides is 1. The van der Waals surface area contributed by atoms with E-state index in [1.807, 2.05) is 17.8 Å². The van der Waals surface area contributed by atoms with Crippen molar-refractivity contribution in [3.8, 4) is 0 Å². The van der Waals surface area contributed by atoms with Gasteiger partial charge in [0.05, 0.1) is 23.6 Å². The van der Waals surface area contributed by atoms with E-state index in [4.69, 9.17) is 0 Å². The minimum atomic E-state index is -0.0683. The molecule has 2 aliphatic rings. The molecular weight excluding hydrogens is 268 g/mol. The Hall–Kier alpha value is -2.31. The molecule has 0 spiro atoms. The van der Waals surface area contributed by atoms with E-state index in [0.29, 0.717) is 24.7 Å². The predicted octanol–water partition coefficient (Wildman–Crippen LogP) is 0.951. The van der Waals surface area contributed by atoms with Crippen molar-refractivity contribution >= 4 is 5.91 Å². The van der Waals surface area contributed by atoms with Gasteiger partial charge in [-0.2, -0.15) is 0 Å². The predicted molar refractivity (Wildman–Crippen MR) is 73.7 cm³/mol. The van der Waals surface area contributed by atoms with Crippen LogP contribution in [0.1, 0.15) is 46.7 Å². The van der Waals surface area contributed by atoms with Crippen LogP contribution in [-0.2, 0) is 0 Å². The lowest BCUT2D eigenvalue weighted by Crippen LogP contribution is -2.51. The van der Waals surface area contributed by atoms with E-state index >= 15 is 0 Å². The molecule has 0 unspecified atom stereocenters. The third-order valence-corrected chi connectivity index (χ3v) is 4.05. The summed E-state index contributed by atoms with van der Waals surface area (Å²) >= 11 is 0. The van der Waals surface area contributed by atoms with Gasteiger partial charge in [0.1, 0.15) is 5.69 Å². The van der Waals surface area contributed by atoms with E-state index in [2.05, 4.69) is 20.3 Å². The summed E-state index contributed by atoms with van der Waals surface area (Å²) in [7, 11) is 0. The van der Waals surface area contributed by atoms with Gasteiger partial charge in [-0.25, -0.2) is 9.67 Å². The first-order valence-corrected chi connectivity index (χ1v) is 7.20. The number of likely N-dealkylation sites (tertiary alicyclic amines) is 1.